The molecule has 0 saturated heterocycles. The Labute approximate surface area is 68.8 Å². The monoisotopic (exact) mass is 152 g/mol. The molecule has 0 spiro atoms. The first-order valence-corrected chi connectivity index (χ1v) is 3.85. The number of rotatable bonds is 3. The van der Waals surface area contributed by atoms with E-state index in [4.69, 9.17) is 0 Å². The summed E-state index contributed by atoms with van der Waals surface area (Å²) in [5.41, 5.74) is 2.20. The molecule has 11 heavy (non-hydrogen) atoms. The van der Waals surface area contributed by atoms with Crippen molar-refractivity contribution in [2.45, 2.75) is 34.1 Å². The highest BCUT2D eigenvalue weighted by Crippen LogP contribution is 2.02. The highest BCUT2D eigenvalue weighted by molar-refractivity contribution is 5.91. The predicted octanol–water partition coefficient (Wildman–Crippen LogP) is 2.88. The minimum Gasteiger partial charge on any atom is -0.295 e. The smallest absolute Gasteiger partial charge is 0.159 e. The Morgan fingerprint density at radius 2 is 1.82 bits per heavy atom. The summed E-state index contributed by atoms with van der Waals surface area (Å²) in [6.07, 6.45) is 4.21. The third-order valence-corrected chi connectivity index (χ3v) is 1.40. The zero-order valence-electron chi connectivity index (χ0n) is 7.77. The van der Waals surface area contributed by atoms with Crippen LogP contribution in [0.5, 0.6) is 0 Å². The second-order valence-corrected chi connectivity index (χ2v) is 3.00. The molecule has 0 heterocycles. The lowest BCUT2D eigenvalue weighted by atomic mass is 10.1. The molecule has 0 radical (unpaired) electrons. The van der Waals surface area contributed by atoms with Gasteiger partial charge in [0.2, 0.25) is 0 Å². The third kappa shape index (κ3) is 5.59. The number of carbonyl (C=O) groups is 1. The molecule has 0 aromatic carbocycles. The van der Waals surface area contributed by atoms with Gasteiger partial charge in [-0.3, -0.25) is 4.79 Å². The van der Waals surface area contributed by atoms with Gasteiger partial charge >= 0.3 is 0 Å². The molecule has 0 saturated carbocycles. The first kappa shape index (κ1) is 10.2. The van der Waals surface area contributed by atoms with Crippen molar-refractivity contribution in [1.29, 1.82) is 0 Å². The van der Waals surface area contributed by atoms with Crippen molar-refractivity contribution >= 4 is 5.78 Å². The van der Waals surface area contributed by atoms with Crippen LogP contribution in [0.3, 0.4) is 0 Å². The summed E-state index contributed by atoms with van der Waals surface area (Å²) in [6.45, 7) is 7.79. The van der Waals surface area contributed by atoms with Crippen molar-refractivity contribution in [3.8, 4) is 0 Å². The molecular formula is C10H16O. The molecule has 0 rings (SSSR count). The Kier molecular flexibility index (Phi) is 4.51. The predicted molar refractivity (Wildman–Crippen MR) is 48.5 cm³/mol. The van der Waals surface area contributed by atoms with Gasteiger partial charge in [-0.25, -0.2) is 0 Å². The van der Waals surface area contributed by atoms with Gasteiger partial charge in [-0.1, -0.05) is 17.2 Å². The van der Waals surface area contributed by atoms with Gasteiger partial charge < -0.3 is 0 Å². The van der Waals surface area contributed by atoms with Crippen molar-refractivity contribution in [3.05, 3.63) is 23.3 Å². The largest absolute Gasteiger partial charge is 0.295 e. The van der Waals surface area contributed by atoms with E-state index in [1.807, 2.05) is 33.8 Å². The van der Waals surface area contributed by atoms with Crippen LogP contribution in [0, 0.1) is 0 Å². The fourth-order valence-electron chi connectivity index (χ4n) is 0.750. The maximum Gasteiger partial charge on any atom is 0.159 e. The van der Waals surface area contributed by atoms with Crippen LogP contribution in [0.4, 0.5) is 0 Å². The minimum absolute atomic E-state index is 0.195. The van der Waals surface area contributed by atoms with Crippen molar-refractivity contribution in [2.24, 2.45) is 0 Å². The molecule has 1 heteroatoms. The Morgan fingerprint density at radius 3 is 2.18 bits per heavy atom. The van der Waals surface area contributed by atoms with Gasteiger partial charge in [-0.2, -0.15) is 0 Å². The lowest BCUT2D eigenvalue weighted by Gasteiger charge is -1.95. The van der Waals surface area contributed by atoms with Crippen LogP contribution in [0.2, 0.25) is 0 Å². The first-order valence-electron chi connectivity index (χ1n) is 3.85. The Bertz CT molecular complexity index is 193. The van der Waals surface area contributed by atoms with Crippen LogP contribution in [0.15, 0.2) is 23.3 Å². The number of carbonyl (C=O) groups excluding carboxylic acids is 1. The van der Waals surface area contributed by atoms with Crippen LogP contribution in [0.1, 0.15) is 34.1 Å². The van der Waals surface area contributed by atoms with Crippen LogP contribution in [-0.2, 0) is 4.79 Å². The molecule has 0 aromatic rings. The number of hydrogen-bond donors (Lipinski definition) is 0. The summed E-state index contributed by atoms with van der Waals surface area (Å²) in [4.78, 5) is 11.1. The first-order chi connectivity index (χ1) is 5.06. The van der Waals surface area contributed by atoms with Crippen molar-refractivity contribution in [2.75, 3.05) is 0 Å². The molecule has 0 atom stereocenters. The van der Waals surface area contributed by atoms with Crippen LogP contribution in [-0.4, -0.2) is 5.78 Å². The molecular weight excluding hydrogens is 136 g/mol. The zero-order valence-corrected chi connectivity index (χ0v) is 7.77. The number of hydrogen-bond acceptors (Lipinski definition) is 1. The molecule has 0 aromatic heterocycles. The van der Waals surface area contributed by atoms with Crippen LogP contribution in [0.25, 0.3) is 0 Å². The van der Waals surface area contributed by atoms with E-state index >= 15 is 0 Å². The van der Waals surface area contributed by atoms with E-state index in [2.05, 4.69) is 0 Å². The molecule has 0 fully saturated rings. The second-order valence-electron chi connectivity index (χ2n) is 3.00. The van der Waals surface area contributed by atoms with Gasteiger partial charge in [-0.05, 0) is 33.8 Å². The third-order valence-electron chi connectivity index (χ3n) is 1.40. The Balaban J connectivity index is 4.00. The van der Waals surface area contributed by atoms with E-state index in [9.17, 15) is 4.79 Å². The average molecular weight is 152 g/mol. The van der Waals surface area contributed by atoms with Crippen LogP contribution >= 0.6 is 0 Å². The summed E-state index contributed by atoms with van der Waals surface area (Å²) in [7, 11) is 0. The van der Waals surface area contributed by atoms with Gasteiger partial charge in [-0.15, -0.1) is 0 Å². The quantitative estimate of drug-likeness (QED) is 0.449. The fraction of sp³-hybridized carbons (Fsp3) is 0.500. The van der Waals surface area contributed by atoms with E-state index in [1.54, 1.807) is 6.08 Å². The zero-order chi connectivity index (χ0) is 8.85. The molecule has 0 aliphatic carbocycles. The van der Waals surface area contributed by atoms with Gasteiger partial charge in [0.25, 0.3) is 0 Å². The Morgan fingerprint density at radius 1 is 1.27 bits per heavy atom. The van der Waals surface area contributed by atoms with Gasteiger partial charge in [0.15, 0.2) is 5.78 Å². The van der Waals surface area contributed by atoms with Crippen molar-refractivity contribution in [1.82, 2.24) is 0 Å². The lowest BCUT2D eigenvalue weighted by Crippen LogP contribution is -1.93. The number of allylic oxidation sites excluding steroid dienone is 4. The molecule has 1 nitrogen and oxygen atoms in total. The molecule has 0 aliphatic rings. The lowest BCUT2D eigenvalue weighted by molar-refractivity contribution is -0.114. The van der Waals surface area contributed by atoms with E-state index in [-0.39, 0.29) is 5.78 Å². The SMILES string of the molecule is C/C=C(/C)CC(=O)C=C(C)C. The fourth-order valence-corrected chi connectivity index (χ4v) is 0.750. The number of ketones is 1. The molecule has 0 unspecified atom stereocenters. The molecule has 62 valence electrons. The summed E-state index contributed by atoms with van der Waals surface area (Å²) < 4.78 is 0. The van der Waals surface area contributed by atoms with E-state index in [0.717, 1.165) is 11.1 Å². The van der Waals surface area contributed by atoms with Crippen molar-refractivity contribution < 1.29 is 4.79 Å². The summed E-state index contributed by atoms with van der Waals surface area (Å²) in [5.74, 6) is 0.195. The maximum absolute atomic E-state index is 11.1. The van der Waals surface area contributed by atoms with Gasteiger partial charge in [0, 0.05) is 6.42 Å². The highest BCUT2D eigenvalue weighted by atomic mass is 16.1. The van der Waals surface area contributed by atoms with Gasteiger partial charge in [0.1, 0.15) is 0 Å². The van der Waals surface area contributed by atoms with Crippen molar-refractivity contribution in [3.63, 3.8) is 0 Å². The van der Waals surface area contributed by atoms with Gasteiger partial charge in [0.05, 0.1) is 0 Å². The summed E-state index contributed by atoms with van der Waals surface area (Å²) >= 11 is 0. The van der Waals surface area contributed by atoms with E-state index in [0.29, 0.717) is 6.42 Å². The molecule has 0 aliphatic heterocycles. The Hall–Kier alpha value is -0.850. The van der Waals surface area contributed by atoms with E-state index < -0.39 is 0 Å². The minimum atomic E-state index is 0.195. The average Bonchev–Trinajstić information content (AvgIpc) is 1.85. The summed E-state index contributed by atoms with van der Waals surface area (Å²) in [5, 5.41) is 0. The molecule has 0 amide bonds. The van der Waals surface area contributed by atoms with E-state index in [1.165, 1.54) is 0 Å². The summed E-state index contributed by atoms with van der Waals surface area (Å²) in [6, 6.07) is 0. The maximum atomic E-state index is 11.1. The normalized spacial score (nSPS) is 11.1. The second kappa shape index (κ2) is 4.89. The van der Waals surface area contributed by atoms with Crippen LogP contribution < -0.4 is 0 Å². The highest BCUT2D eigenvalue weighted by Gasteiger charge is 1.96. The topological polar surface area (TPSA) is 17.1 Å². The molecule has 0 N–H and O–H groups in total. The molecule has 0 bridgehead atoms. The standard InChI is InChI=1S/C10H16O/c1-5-9(4)7-10(11)6-8(2)3/h5-6H,7H2,1-4H3/b9-5-.